The van der Waals surface area contributed by atoms with Gasteiger partial charge in [0.15, 0.2) is 0 Å². The van der Waals surface area contributed by atoms with Crippen molar-refractivity contribution < 1.29 is 8.42 Å². The molecule has 0 bridgehead atoms. The van der Waals surface area contributed by atoms with Gasteiger partial charge in [0, 0.05) is 25.8 Å². The predicted octanol–water partition coefficient (Wildman–Crippen LogP) is 2.32. The molecule has 1 aliphatic rings. The van der Waals surface area contributed by atoms with E-state index in [2.05, 4.69) is 10.3 Å². The Balaban J connectivity index is 2.14. The molecule has 1 N–H and O–H groups in total. The van der Waals surface area contributed by atoms with Gasteiger partial charge >= 0.3 is 0 Å². The highest BCUT2D eigenvalue weighted by Crippen LogP contribution is 2.29. The Morgan fingerprint density at radius 3 is 2.55 bits per heavy atom. The summed E-state index contributed by atoms with van der Waals surface area (Å²) in [5.41, 5.74) is 0. The monoisotopic (exact) mass is 297 g/mol. The average molecular weight is 297 g/mol. The number of hydrogen-bond donors (Lipinski definition) is 1. The Bertz CT molecular complexity index is 524. The minimum absolute atomic E-state index is 0.278. The molecule has 0 radical (unpaired) electrons. The summed E-state index contributed by atoms with van der Waals surface area (Å²) in [6, 6.07) is 3.34. The smallest absolute Gasteiger partial charge is 0.244 e. The SMILES string of the molecule is CCNc1ccc(S(=O)(=O)N(CC)CC2CCC2)cn1. The van der Waals surface area contributed by atoms with Crippen molar-refractivity contribution in [2.24, 2.45) is 5.92 Å². The van der Waals surface area contributed by atoms with E-state index in [0.717, 1.165) is 19.4 Å². The van der Waals surface area contributed by atoms with E-state index in [1.165, 1.54) is 12.6 Å². The molecule has 0 spiro atoms. The standard InChI is InChI=1S/C14H23N3O2S/c1-3-15-14-9-8-13(10-16-14)20(18,19)17(4-2)11-12-6-5-7-12/h8-10,12H,3-7,11H2,1-2H3,(H,15,16). The maximum absolute atomic E-state index is 12.6. The number of pyridine rings is 1. The molecule has 0 aromatic carbocycles. The second-order valence-electron chi connectivity index (χ2n) is 5.16. The van der Waals surface area contributed by atoms with Gasteiger partial charge in [0.1, 0.15) is 10.7 Å². The van der Waals surface area contributed by atoms with Gasteiger partial charge in [-0.1, -0.05) is 13.3 Å². The van der Waals surface area contributed by atoms with E-state index >= 15 is 0 Å². The fourth-order valence-electron chi connectivity index (χ4n) is 2.33. The van der Waals surface area contributed by atoms with Crippen LogP contribution in [0.25, 0.3) is 0 Å². The summed E-state index contributed by atoms with van der Waals surface area (Å²) in [5.74, 6) is 1.23. The first-order valence-corrected chi connectivity index (χ1v) is 8.72. The van der Waals surface area contributed by atoms with E-state index in [0.29, 0.717) is 24.8 Å². The number of anilines is 1. The summed E-state index contributed by atoms with van der Waals surface area (Å²) in [6.45, 7) is 5.77. The van der Waals surface area contributed by atoms with Gasteiger partial charge in [0.25, 0.3) is 0 Å². The third kappa shape index (κ3) is 3.30. The zero-order valence-corrected chi connectivity index (χ0v) is 13.0. The first-order chi connectivity index (χ1) is 9.57. The van der Waals surface area contributed by atoms with Crippen molar-refractivity contribution in [3.8, 4) is 0 Å². The topological polar surface area (TPSA) is 62.3 Å². The van der Waals surface area contributed by atoms with E-state index in [1.807, 2.05) is 13.8 Å². The Morgan fingerprint density at radius 1 is 1.35 bits per heavy atom. The quantitative estimate of drug-likeness (QED) is 0.839. The molecule has 1 aromatic rings. The predicted molar refractivity (Wildman–Crippen MR) is 80.2 cm³/mol. The van der Waals surface area contributed by atoms with Gasteiger partial charge in [-0.15, -0.1) is 0 Å². The molecule has 2 rings (SSSR count). The number of rotatable bonds is 7. The summed E-state index contributed by atoms with van der Waals surface area (Å²) in [4.78, 5) is 4.43. The molecule has 0 aliphatic heterocycles. The molecule has 1 aliphatic carbocycles. The molecule has 20 heavy (non-hydrogen) atoms. The third-order valence-corrected chi connectivity index (χ3v) is 5.70. The molecule has 1 heterocycles. The van der Waals surface area contributed by atoms with Crippen LogP contribution in [0.2, 0.25) is 0 Å². The molecule has 1 fully saturated rings. The summed E-state index contributed by atoms with van der Waals surface area (Å²) < 4.78 is 26.7. The van der Waals surface area contributed by atoms with Crippen LogP contribution in [0.15, 0.2) is 23.2 Å². The highest BCUT2D eigenvalue weighted by atomic mass is 32.2. The minimum atomic E-state index is -3.41. The summed E-state index contributed by atoms with van der Waals surface area (Å²) >= 11 is 0. The molecule has 1 saturated carbocycles. The Morgan fingerprint density at radius 2 is 2.10 bits per heavy atom. The van der Waals surface area contributed by atoms with E-state index in [9.17, 15) is 8.42 Å². The van der Waals surface area contributed by atoms with Crippen LogP contribution in [0.3, 0.4) is 0 Å². The fraction of sp³-hybridized carbons (Fsp3) is 0.643. The van der Waals surface area contributed by atoms with Crippen LogP contribution in [0.5, 0.6) is 0 Å². The van der Waals surface area contributed by atoms with Gasteiger partial charge in [-0.25, -0.2) is 13.4 Å². The molecular formula is C14H23N3O2S. The van der Waals surface area contributed by atoms with E-state index in [4.69, 9.17) is 0 Å². The van der Waals surface area contributed by atoms with Gasteiger partial charge < -0.3 is 5.32 Å². The number of hydrogen-bond acceptors (Lipinski definition) is 4. The summed E-state index contributed by atoms with van der Waals surface area (Å²) in [5, 5.41) is 3.06. The lowest BCUT2D eigenvalue weighted by Crippen LogP contribution is -2.37. The molecule has 0 unspecified atom stereocenters. The summed E-state index contributed by atoms with van der Waals surface area (Å²) in [6.07, 6.45) is 4.95. The third-order valence-electron chi connectivity index (χ3n) is 3.77. The zero-order chi connectivity index (χ0) is 14.6. The number of sulfonamides is 1. The molecule has 0 amide bonds. The number of nitrogens with zero attached hydrogens (tertiary/aromatic N) is 2. The van der Waals surface area contributed by atoms with Crippen molar-refractivity contribution in [2.75, 3.05) is 25.0 Å². The maximum atomic E-state index is 12.6. The van der Waals surface area contributed by atoms with Crippen LogP contribution >= 0.6 is 0 Å². The van der Waals surface area contributed by atoms with Crippen LogP contribution in [-0.4, -0.2) is 37.3 Å². The van der Waals surface area contributed by atoms with Crippen LogP contribution in [-0.2, 0) is 10.0 Å². The fourth-order valence-corrected chi connectivity index (χ4v) is 3.80. The Kier molecular flexibility index (Phi) is 4.99. The van der Waals surface area contributed by atoms with Crippen LogP contribution in [0.1, 0.15) is 33.1 Å². The molecule has 1 aromatic heterocycles. The molecule has 0 atom stereocenters. The lowest BCUT2D eigenvalue weighted by Gasteiger charge is -2.31. The van der Waals surface area contributed by atoms with Crippen molar-refractivity contribution in [2.45, 2.75) is 38.0 Å². The molecule has 112 valence electrons. The van der Waals surface area contributed by atoms with Crippen molar-refractivity contribution in [3.63, 3.8) is 0 Å². The van der Waals surface area contributed by atoms with E-state index in [1.54, 1.807) is 16.4 Å². The van der Waals surface area contributed by atoms with Gasteiger partial charge in [-0.3, -0.25) is 0 Å². The van der Waals surface area contributed by atoms with Crippen molar-refractivity contribution in [3.05, 3.63) is 18.3 Å². The molecular weight excluding hydrogens is 274 g/mol. The Hall–Kier alpha value is -1.14. The highest BCUT2D eigenvalue weighted by Gasteiger charge is 2.28. The largest absolute Gasteiger partial charge is 0.370 e. The molecule has 5 nitrogen and oxygen atoms in total. The average Bonchev–Trinajstić information content (AvgIpc) is 2.38. The van der Waals surface area contributed by atoms with Gasteiger partial charge in [0.05, 0.1) is 0 Å². The van der Waals surface area contributed by atoms with Crippen LogP contribution in [0.4, 0.5) is 5.82 Å². The van der Waals surface area contributed by atoms with E-state index < -0.39 is 10.0 Å². The molecule has 0 saturated heterocycles. The summed E-state index contributed by atoms with van der Waals surface area (Å²) in [7, 11) is -3.41. The molecule has 6 heteroatoms. The highest BCUT2D eigenvalue weighted by molar-refractivity contribution is 7.89. The van der Waals surface area contributed by atoms with Crippen molar-refractivity contribution in [1.82, 2.24) is 9.29 Å². The lowest BCUT2D eigenvalue weighted by molar-refractivity contribution is 0.250. The van der Waals surface area contributed by atoms with Crippen molar-refractivity contribution in [1.29, 1.82) is 0 Å². The van der Waals surface area contributed by atoms with Gasteiger partial charge in [-0.2, -0.15) is 4.31 Å². The van der Waals surface area contributed by atoms with Crippen LogP contribution < -0.4 is 5.32 Å². The zero-order valence-electron chi connectivity index (χ0n) is 12.2. The van der Waals surface area contributed by atoms with Crippen molar-refractivity contribution >= 4 is 15.8 Å². The second-order valence-corrected chi connectivity index (χ2v) is 7.10. The second kappa shape index (κ2) is 6.54. The first-order valence-electron chi connectivity index (χ1n) is 7.28. The maximum Gasteiger partial charge on any atom is 0.244 e. The van der Waals surface area contributed by atoms with Crippen LogP contribution in [0, 0.1) is 5.92 Å². The normalized spacial score (nSPS) is 16.1. The number of nitrogens with one attached hydrogen (secondary N) is 1. The van der Waals surface area contributed by atoms with Gasteiger partial charge in [0.2, 0.25) is 10.0 Å². The van der Waals surface area contributed by atoms with E-state index in [-0.39, 0.29) is 4.90 Å². The number of aromatic nitrogens is 1. The van der Waals surface area contributed by atoms with Gasteiger partial charge in [-0.05, 0) is 37.8 Å². The first kappa shape index (κ1) is 15.3. The lowest BCUT2D eigenvalue weighted by atomic mass is 9.85. The minimum Gasteiger partial charge on any atom is -0.370 e. The Labute approximate surface area is 121 Å².